The summed E-state index contributed by atoms with van der Waals surface area (Å²) >= 11 is 0. The van der Waals surface area contributed by atoms with Gasteiger partial charge in [-0.25, -0.2) is 4.79 Å². The van der Waals surface area contributed by atoms with Gasteiger partial charge in [-0.15, -0.1) is 0 Å². The molecule has 2 N–H and O–H groups in total. The molecule has 2 aromatic rings. The van der Waals surface area contributed by atoms with Crippen molar-refractivity contribution in [2.45, 2.75) is 18.9 Å². The Labute approximate surface area is 146 Å². The van der Waals surface area contributed by atoms with Crippen LogP contribution >= 0.6 is 0 Å². The highest BCUT2D eigenvalue weighted by molar-refractivity contribution is 5.84. The lowest BCUT2D eigenvalue weighted by Crippen LogP contribution is -2.33. The number of amides is 1. The Morgan fingerprint density at radius 3 is 2.32 bits per heavy atom. The summed E-state index contributed by atoms with van der Waals surface area (Å²) in [4.78, 5) is 23.7. The van der Waals surface area contributed by atoms with Crippen molar-refractivity contribution in [3.63, 3.8) is 0 Å². The number of carboxylic acid groups (broad SMARTS) is 1. The second-order valence-corrected chi connectivity index (χ2v) is 5.42. The fourth-order valence-electron chi connectivity index (χ4n) is 2.47. The summed E-state index contributed by atoms with van der Waals surface area (Å²) in [5.41, 5.74) is 1.38. The average molecular weight is 343 g/mol. The van der Waals surface area contributed by atoms with E-state index in [0.29, 0.717) is 23.5 Å². The summed E-state index contributed by atoms with van der Waals surface area (Å²) in [7, 11) is 3.10. The number of carboxylic acids is 1. The monoisotopic (exact) mass is 343 g/mol. The van der Waals surface area contributed by atoms with Crippen LogP contribution in [0, 0.1) is 0 Å². The van der Waals surface area contributed by atoms with Crippen LogP contribution in [0.25, 0.3) is 0 Å². The molecule has 6 heteroatoms. The van der Waals surface area contributed by atoms with Crippen LogP contribution in [-0.2, 0) is 16.0 Å². The Morgan fingerprint density at radius 2 is 1.72 bits per heavy atom. The van der Waals surface area contributed by atoms with E-state index >= 15 is 0 Å². The van der Waals surface area contributed by atoms with Gasteiger partial charge in [0.2, 0.25) is 5.91 Å². The minimum atomic E-state index is -1.11. The lowest BCUT2D eigenvalue weighted by atomic mass is 10.1. The van der Waals surface area contributed by atoms with E-state index in [9.17, 15) is 14.7 Å². The third-order valence-corrected chi connectivity index (χ3v) is 3.82. The van der Waals surface area contributed by atoms with E-state index in [4.69, 9.17) is 9.47 Å². The molecule has 1 amide bonds. The Morgan fingerprint density at radius 1 is 1.04 bits per heavy atom. The van der Waals surface area contributed by atoms with Crippen LogP contribution in [0.3, 0.4) is 0 Å². The Hall–Kier alpha value is -3.02. The first-order valence-corrected chi connectivity index (χ1v) is 7.83. The van der Waals surface area contributed by atoms with Gasteiger partial charge in [0.05, 0.1) is 14.2 Å². The molecule has 132 valence electrons. The molecule has 2 rings (SSSR count). The van der Waals surface area contributed by atoms with Crippen LogP contribution in [0.15, 0.2) is 48.5 Å². The highest BCUT2D eigenvalue weighted by Gasteiger charge is 2.22. The number of aliphatic carboxylic acids is 1. The SMILES string of the molecule is COc1ccc(C(NC(=O)CCc2ccccc2OC)C(=O)O)cc1. The van der Waals surface area contributed by atoms with Gasteiger partial charge in [-0.1, -0.05) is 30.3 Å². The Balaban J connectivity index is 2.01. The van der Waals surface area contributed by atoms with Crippen LogP contribution in [0.2, 0.25) is 0 Å². The van der Waals surface area contributed by atoms with Crippen molar-refractivity contribution in [1.29, 1.82) is 0 Å². The van der Waals surface area contributed by atoms with E-state index in [2.05, 4.69) is 5.32 Å². The molecule has 0 aliphatic rings. The fraction of sp³-hybridized carbons (Fsp3) is 0.263. The molecule has 1 atom stereocenters. The number of aryl methyl sites for hydroxylation is 1. The summed E-state index contributed by atoms with van der Waals surface area (Å²) in [6.07, 6.45) is 0.630. The van der Waals surface area contributed by atoms with Gasteiger partial charge in [-0.2, -0.15) is 0 Å². The maximum absolute atomic E-state index is 12.2. The lowest BCUT2D eigenvalue weighted by Gasteiger charge is -2.15. The van der Waals surface area contributed by atoms with E-state index in [1.807, 2.05) is 24.3 Å². The number of rotatable bonds is 8. The van der Waals surface area contributed by atoms with Gasteiger partial charge < -0.3 is 19.9 Å². The number of carbonyl (C=O) groups excluding carboxylic acids is 1. The third-order valence-electron chi connectivity index (χ3n) is 3.82. The van der Waals surface area contributed by atoms with Crippen molar-refractivity contribution in [3.8, 4) is 11.5 Å². The second kappa shape index (κ2) is 8.73. The highest BCUT2D eigenvalue weighted by Crippen LogP contribution is 2.20. The quantitative estimate of drug-likeness (QED) is 0.769. The van der Waals surface area contributed by atoms with Gasteiger partial charge >= 0.3 is 5.97 Å². The van der Waals surface area contributed by atoms with Gasteiger partial charge in [0.1, 0.15) is 11.5 Å². The minimum Gasteiger partial charge on any atom is -0.497 e. The number of benzene rings is 2. The standard InChI is InChI=1S/C19H21NO5/c1-24-15-10-7-14(8-11-15)18(19(22)23)20-17(21)12-9-13-5-3-4-6-16(13)25-2/h3-8,10-11,18H,9,12H2,1-2H3,(H,20,21)(H,22,23). The molecule has 0 spiro atoms. The van der Waals surface area contributed by atoms with Crippen molar-refractivity contribution in [1.82, 2.24) is 5.32 Å². The molecule has 1 unspecified atom stereocenters. The Bertz CT molecular complexity index is 727. The van der Waals surface area contributed by atoms with E-state index in [-0.39, 0.29) is 12.3 Å². The largest absolute Gasteiger partial charge is 0.497 e. The van der Waals surface area contributed by atoms with Crippen LogP contribution in [0.4, 0.5) is 0 Å². The van der Waals surface area contributed by atoms with Crippen LogP contribution in [-0.4, -0.2) is 31.2 Å². The minimum absolute atomic E-state index is 0.167. The van der Waals surface area contributed by atoms with Crippen LogP contribution in [0.5, 0.6) is 11.5 Å². The molecule has 0 fully saturated rings. The number of ether oxygens (including phenoxy) is 2. The number of hydrogen-bond acceptors (Lipinski definition) is 4. The second-order valence-electron chi connectivity index (χ2n) is 5.42. The van der Waals surface area contributed by atoms with Gasteiger partial charge in [-0.3, -0.25) is 4.79 Å². The predicted octanol–water partition coefficient (Wildman–Crippen LogP) is 2.58. The van der Waals surface area contributed by atoms with E-state index in [1.165, 1.54) is 7.11 Å². The molecule has 0 bridgehead atoms. The molecule has 6 nitrogen and oxygen atoms in total. The molecule has 2 aromatic carbocycles. The molecule has 0 aliphatic heterocycles. The Kier molecular flexibility index (Phi) is 6.39. The molecular weight excluding hydrogens is 322 g/mol. The lowest BCUT2D eigenvalue weighted by molar-refractivity contribution is -0.142. The first-order chi connectivity index (χ1) is 12.0. The number of methoxy groups -OCH3 is 2. The van der Waals surface area contributed by atoms with E-state index in [0.717, 1.165) is 5.56 Å². The number of nitrogens with one attached hydrogen (secondary N) is 1. The topological polar surface area (TPSA) is 84.9 Å². The molecule has 0 saturated carbocycles. The number of hydrogen-bond donors (Lipinski definition) is 2. The third kappa shape index (κ3) is 4.97. The van der Waals surface area contributed by atoms with E-state index < -0.39 is 12.0 Å². The maximum atomic E-state index is 12.2. The predicted molar refractivity (Wildman–Crippen MR) is 92.8 cm³/mol. The van der Waals surface area contributed by atoms with E-state index in [1.54, 1.807) is 31.4 Å². The first-order valence-electron chi connectivity index (χ1n) is 7.83. The average Bonchev–Trinajstić information content (AvgIpc) is 2.64. The molecule has 0 heterocycles. The van der Waals surface area contributed by atoms with Crippen molar-refractivity contribution in [3.05, 3.63) is 59.7 Å². The van der Waals surface area contributed by atoms with Gasteiger partial charge in [0.25, 0.3) is 0 Å². The molecule has 0 aromatic heterocycles. The van der Waals surface area contributed by atoms with Crippen LogP contribution < -0.4 is 14.8 Å². The molecular formula is C19H21NO5. The normalized spacial score (nSPS) is 11.4. The zero-order chi connectivity index (χ0) is 18.2. The molecule has 0 radical (unpaired) electrons. The molecule has 25 heavy (non-hydrogen) atoms. The number of carbonyl (C=O) groups is 2. The van der Waals surface area contributed by atoms with Crippen molar-refractivity contribution < 1.29 is 24.2 Å². The highest BCUT2D eigenvalue weighted by atomic mass is 16.5. The summed E-state index contributed by atoms with van der Waals surface area (Å²) in [6.45, 7) is 0. The number of para-hydroxylation sites is 1. The van der Waals surface area contributed by atoms with Crippen molar-refractivity contribution >= 4 is 11.9 Å². The summed E-state index contributed by atoms with van der Waals surface area (Å²) in [6, 6.07) is 12.9. The van der Waals surface area contributed by atoms with Crippen LogP contribution in [0.1, 0.15) is 23.6 Å². The maximum Gasteiger partial charge on any atom is 0.330 e. The summed E-state index contributed by atoms with van der Waals surface area (Å²) < 4.78 is 10.3. The smallest absolute Gasteiger partial charge is 0.330 e. The van der Waals surface area contributed by atoms with Crippen molar-refractivity contribution in [2.75, 3.05) is 14.2 Å². The van der Waals surface area contributed by atoms with Gasteiger partial charge in [-0.05, 0) is 35.7 Å². The van der Waals surface area contributed by atoms with Gasteiger partial charge in [0, 0.05) is 6.42 Å². The fourth-order valence-corrected chi connectivity index (χ4v) is 2.47. The summed E-state index contributed by atoms with van der Waals surface area (Å²) in [5, 5.41) is 12.0. The molecule has 0 aliphatic carbocycles. The first kappa shape index (κ1) is 18.3. The molecule has 0 saturated heterocycles. The summed E-state index contributed by atoms with van der Waals surface area (Å²) in [5.74, 6) is -0.124. The zero-order valence-electron chi connectivity index (χ0n) is 14.2. The zero-order valence-corrected chi connectivity index (χ0v) is 14.2. The van der Waals surface area contributed by atoms with Crippen molar-refractivity contribution in [2.24, 2.45) is 0 Å². The van der Waals surface area contributed by atoms with Gasteiger partial charge in [0.15, 0.2) is 6.04 Å².